The molecule has 100 valence electrons. The maximum absolute atomic E-state index is 10.8. The Kier molecular flexibility index (Phi) is 6.44. The molecule has 1 atom stereocenters. The number of rotatable bonds is 8. The minimum atomic E-state index is -0.868. The van der Waals surface area contributed by atoms with Crippen LogP contribution >= 0.6 is 0 Å². The van der Waals surface area contributed by atoms with Crippen molar-refractivity contribution < 1.29 is 9.90 Å². The van der Waals surface area contributed by atoms with Crippen molar-refractivity contribution >= 4 is 5.97 Å². The molecule has 1 unspecified atom stereocenters. The van der Waals surface area contributed by atoms with Crippen LogP contribution in [0.3, 0.4) is 0 Å². The molecule has 3 heteroatoms. The highest BCUT2D eigenvalue weighted by Crippen LogP contribution is 2.07. The van der Waals surface area contributed by atoms with Gasteiger partial charge in [-0.2, -0.15) is 0 Å². The minimum Gasteiger partial charge on any atom is -0.478 e. The molecule has 0 saturated carbocycles. The van der Waals surface area contributed by atoms with Gasteiger partial charge in [0.1, 0.15) is 0 Å². The van der Waals surface area contributed by atoms with E-state index in [2.05, 4.69) is 19.2 Å². The summed E-state index contributed by atoms with van der Waals surface area (Å²) in [5.41, 5.74) is 1.38. The summed E-state index contributed by atoms with van der Waals surface area (Å²) < 4.78 is 0. The third-order valence-electron chi connectivity index (χ3n) is 3.07. The Bertz CT molecular complexity index is 377. The summed E-state index contributed by atoms with van der Waals surface area (Å²) in [6.45, 7) is 5.11. The van der Waals surface area contributed by atoms with Crippen LogP contribution in [0.4, 0.5) is 0 Å². The standard InChI is InChI=1S/C15H23NO2/c1-3-4-5-7-12(2)16-11-13-8-6-9-14(10-13)15(17)18/h6,8-10,12,16H,3-5,7,11H2,1-2H3,(H,17,18). The van der Waals surface area contributed by atoms with Crippen molar-refractivity contribution in [2.24, 2.45) is 0 Å². The molecular weight excluding hydrogens is 226 g/mol. The topological polar surface area (TPSA) is 49.3 Å². The van der Waals surface area contributed by atoms with E-state index >= 15 is 0 Å². The maximum Gasteiger partial charge on any atom is 0.335 e. The van der Waals surface area contributed by atoms with Crippen molar-refractivity contribution in [3.63, 3.8) is 0 Å². The molecule has 2 N–H and O–H groups in total. The average Bonchev–Trinajstić information content (AvgIpc) is 2.37. The van der Waals surface area contributed by atoms with Crippen LogP contribution < -0.4 is 5.32 Å². The molecular formula is C15H23NO2. The predicted molar refractivity (Wildman–Crippen MR) is 73.8 cm³/mol. The van der Waals surface area contributed by atoms with Crippen LogP contribution in [-0.2, 0) is 6.54 Å². The lowest BCUT2D eigenvalue weighted by molar-refractivity contribution is 0.0696. The van der Waals surface area contributed by atoms with Gasteiger partial charge in [0.2, 0.25) is 0 Å². The number of carbonyl (C=O) groups is 1. The van der Waals surface area contributed by atoms with Crippen molar-refractivity contribution in [1.82, 2.24) is 5.32 Å². The SMILES string of the molecule is CCCCCC(C)NCc1cccc(C(=O)O)c1. The van der Waals surface area contributed by atoms with Crippen molar-refractivity contribution in [2.45, 2.75) is 52.1 Å². The van der Waals surface area contributed by atoms with Crippen LogP contribution in [0.2, 0.25) is 0 Å². The minimum absolute atomic E-state index is 0.355. The fourth-order valence-corrected chi connectivity index (χ4v) is 1.91. The largest absolute Gasteiger partial charge is 0.478 e. The van der Waals surface area contributed by atoms with E-state index in [4.69, 9.17) is 5.11 Å². The Morgan fingerprint density at radius 3 is 2.83 bits per heavy atom. The smallest absolute Gasteiger partial charge is 0.335 e. The molecule has 0 heterocycles. The van der Waals surface area contributed by atoms with Gasteiger partial charge in [0.25, 0.3) is 0 Å². The molecule has 1 aromatic rings. The second-order valence-electron chi connectivity index (χ2n) is 4.78. The fraction of sp³-hybridized carbons (Fsp3) is 0.533. The van der Waals surface area contributed by atoms with Crippen molar-refractivity contribution in [3.05, 3.63) is 35.4 Å². The molecule has 0 spiro atoms. The lowest BCUT2D eigenvalue weighted by Crippen LogP contribution is -2.25. The summed E-state index contributed by atoms with van der Waals surface area (Å²) in [6, 6.07) is 7.58. The molecule has 0 aliphatic heterocycles. The zero-order chi connectivity index (χ0) is 13.4. The van der Waals surface area contributed by atoms with E-state index in [9.17, 15) is 4.79 Å². The Morgan fingerprint density at radius 2 is 2.17 bits per heavy atom. The molecule has 0 aromatic heterocycles. The number of carboxylic acids is 1. The van der Waals surface area contributed by atoms with Gasteiger partial charge in [-0.25, -0.2) is 4.79 Å². The summed E-state index contributed by atoms with van der Waals surface area (Å²) in [6.07, 6.45) is 4.94. The summed E-state index contributed by atoms with van der Waals surface area (Å²) in [7, 11) is 0. The zero-order valence-corrected chi connectivity index (χ0v) is 11.3. The van der Waals surface area contributed by atoms with Gasteiger partial charge < -0.3 is 10.4 Å². The third-order valence-corrected chi connectivity index (χ3v) is 3.07. The molecule has 0 fully saturated rings. The average molecular weight is 249 g/mol. The number of carboxylic acid groups (broad SMARTS) is 1. The molecule has 1 aromatic carbocycles. The second kappa shape index (κ2) is 7.88. The van der Waals surface area contributed by atoms with Crippen LogP contribution in [0, 0.1) is 0 Å². The van der Waals surface area contributed by atoms with E-state index in [0.29, 0.717) is 11.6 Å². The first-order valence-corrected chi connectivity index (χ1v) is 6.69. The molecule has 0 aliphatic rings. The molecule has 0 amide bonds. The van der Waals surface area contributed by atoms with Gasteiger partial charge in [0, 0.05) is 12.6 Å². The van der Waals surface area contributed by atoms with E-state index in [1.807, 2.05) is 6.07 Å². The molecule has 0 bridgehead atoms. The predicted octanol–water partition coefficient (Wildman–Crippen LogP) is 3.44. The van der Waals surface area contributed by atoms with Gasteiger partial charge in [0.15, 0.2) is 0 Å². The lowest BCUT2D eigenvalue weighted by Gasteiger charge is -2.13. The number of benzene rings is 1. The van der Waals surface area contributed by atoms with Gasteiger partial charge in [-0.05, 0) is 31.0 Å². The highest BCUT2D eigenvalue weighted by Gasteiger charge is 2.04. The Balaban J connectivity index is 2.38. The molecule has 0 saturated heterocycles. The summed E-state index contributed by atoms with van der Waals surface area (Å²) in [5, 5.41) is 12.3. The number of aromatic carboxylic acids is 1. The fourth-order valence-electron chi connectivity index (χ4n) is 1.91. The van der Waals surface area contributed by atoms with Crippen LogP contribution in [0.15, 0.2) is 24.3 Å². The molecule has 0 radical (unpaired) electrons. The summed E-state index contributed by atoms with van der Waals surface area (Å²) in [5.74, 6) is -0.868. The van der Waals surface area contributed by atoms with E-state index in [-0.39, 0.29) is 0 Å². The van der Waals surface area contributed by atoms with Crippen LogP contribution in [0.25, 0.3) is 0 Å². The van der Waals surface area contributed by atoms with Crippen molar-refractivity contribution in [1.29, 1.82) is 0 Å². The summed E-state index contributed by atoms with van der Waals surface area (Å²) >= 11 is 0. The highest BCUT2D eigenvalue weighted by atomic mass is 16.4. The van der Waals surface area contributed by atoms with Gasteiger partial charge >= 0.3 is 5.97 Å². The molecule has 3 nitrogen and oxygen atoms in total. The molecule has 1 rings (SSSR count). The Morgan fingerprint density at radius 1 is 1.39 bits per heavy atom. The second-order valence-corrected chi connectivity index (χ2v) is 4.78. The number of hydrogen-bond acceptors (Lipinski definition) is 2. The van der Waals surface area contributed by atoms with Gasteiger partial charge in [-0.15, -0.1) is 0 Å². The van der Waals surface area contributed by atoms with Crippen LogP contribution in [0.5, 0.6) is 0 Å². The zero-order valence-electron chi connectivity index (χ0n) is 11.3. The van der Waals surface area contributed by atoms with Crippen molar-refractivity contribution in [3.8, 4) is 0 Å². The molecule has 0 aliphatic carbocycles. The summed E-state index contributed by atoms with van der Waals surface area (Å²) in [4.78, 5) is 10.8. The maximum atomic E-state index is 10.8. The third kappa shape index (κ3) is 5.32. The van der Waals surface area contributed by atoms with Crippen molar-refractivity contribution in [2.75, 3.05) is 0 Å². The first-order chi connectivity index (χ1) is 8.63. The first kappa shape index (κ1) is 14.7. The first-order valence-electron chi connectivity index (χ1n) is 6.69. The van der Waals surface area contributed by atoms with E-state index in [0.717, 1.165) is 12.1 Å². The monoisotopic (exact) mass is 249 g/mol. The van der Waals surface area contributed by atoms with Gasteiger partial charge in [0.05, 0.1) is 5.56 Å². The van der Waals surface area contributed by atoms with Gasteiger partial charge in [-0.1, -0.05) is 38.3 Å². The van der Waals surface area contributed by atoms with Crippen LogP contribution in [0.1, 0.15) is 55.5 Å². The lowest BCUT2D eigenvalue weighted by atomic mass is 10.1. The molecule has 18 heavy (non-hydrogen) atoms. The number of hydrogen-bond donors (Lipinski definition) is 2. The quantitative estimate of drug-likeness (QED) is 0.694. The Labute approximate surface area is 109 Å². The van der Waals surface area contributed by atoms with E-state index < -0.39 is 5.97 Å². The van der Waals surface area contributed by atoms with E-state index in [1.165, 1.54) is 25.7 Å². The van der Waals surface area contributed by atoms with Gasteiger partial charge in [-0.3, -0.25) is 0 Å². The number of nitrogens with one attached hydrogen (secondary N) is 1. The highest BCUT2D eigenvalue weighted by molar-refractivity contribution is 5.87. The van der Waals surface area contributed by atoms with Crippen LogP contribution in [-0.4, -0.2) is 17.1 Å². The normalized spacial score (nSPS) is 12.3. The van der Waals surface area contributed by atoms with E-state index in [1.54, 1.807) is 18.2 Å². The number of unbranched alkanes of at least 4 members (excludes halogenated alkanes) is 2. The Hall–Kier alpha value is -1.35.